The van der Waals surface area contributed by atoms with E-state index in [9.17, 15) is 31.5 Å². The number of benzene rings is 2. The Morgan fingerprint density at radius 1 is 0.971 bits per heavy atom. The molecule has 0 spiro atoms. The molecule has 0 radical (unpaired) electrons. The number of halogens is 5. The number of hydrogen-bond donors (Lipinski definition) is 4. The minimum Gasteiger partial charge on any atom is -0.382 e. The van der Waals surface area contributed by atoms with Crippen LogP contribution in [0.25, 0.3) is 16.6 Å². The van der Waals surface area contributed by atoms with E-state index < -0.39 is 41.0 Å². The summed E-state index contributed by atoms with van der Waals surface area (Å²) in [5.41, 5.74) is 9.46. The van der Waals surface area contributed by atoms with Gasteiger partial charge < -0.3 is 22.1 Å². The highest BCUT2D eigenvalue weighted by Crippen LogP contribution is 2.34. The first kappa shape index (κ1) is 23.4. The number of carbonyl (C=O) groups excluding carboxylic acids is 2. The van der Waals surface area contributed by atoms with Crippen molar-refractivity contribution in [1.82, 2.24) is 14.6 Å². The molecule has 35 heavy (non-hydrogen) atoms. The smallest absolute Gasteiger partial charge is 0.382 e. The van der Waals surface area contributed by atoms with E-state index in [4.69, 9.17) is 11.5 Å². The number of amides is 3. The molecule has 3 amide bonds. The van der Waals surface area contributed by atoms with E-state index in [2.05, 4.69) is 15.4 Å². The quantitative estimate of drug-likeness (QED) is 0.319. The number of nitrogens with one attached hydrogen (secondary N) is 2. The number of primary amides is 1. The maximum Gasteiger partial charge on any atom is 0.416 e. The van der Waals surface area contributed by atoms with Gasteiger partial charge in [-0.2, -0.15) is 18.3 Å². The highest BCUT2D eigenvalue weighted by atomic mass is 19.4. The molecule has 4 rings (SSSR count). The molecule has 2 heterocycles. The number of fused-ring (bicyclic) bond motifs is 1. The molecule has 0 aliphatic heterocycles. The molecule has 0 bridgehead atoms. The topological polar surface area (TPSA) is 140 Å². The van der Waals surface area contributed by atoms with Crippen LogP contribution in [0, 0.1) is 11.6 Å². The van der Waals surface area contributed by atoms with Gasteiger partial charge in [-0.05, 0) is 35.9 Å². The molecular formula is C21H14F5N7O2. The predicted octanol–water partition coefficient (Wildman–Crippen LogP) is 4.02. The molecule has 9 nitrogen and oxygen atoms in total. The fraction of sp³-hybridized carbons (Fsp3) is 0.0476. The lowest BCUT2D eigenvalue weighted by Gasteiger charge is -2.13. The molecule has 4 aromatic rings. The van der Waals surface area contributed by atoms with Crippen LogP contribution >= 0.6 is 0 Å². The molecule has 0 saturated heterocycles. The van der Waals surface area contributed by atoms with Crippen molar-refractivity contribution in [2.75, 3.05) is 16.4 Å². The Hall–Kier alpha value is -4.75. The van der Waals surface area contributed by atoms with Crippen molar-refractivity contribution >= 4 is 34.6 Å². The first-order valence-corrected chi connectivity index (χ1v) is 9.62. The number of urea groups is 1. The van der Waals surface area contributed by atoms with Crippen molar-refractivity contribution in [3.05, 3.63) is 71.7 Å². The average molecular weight is 491 g/mol. The molecule has 0 atom stereocenters. The van der Waals surface area contributed by atoms with Gasteiger partial charge in [-0.15, -0.1) is 0 Å². The number of nitrogens with two attached hydrogens (primary N) is 2. The Balaban J connectivity index is 1.63. The third kappa shape index (κ3) is 4.53. The van der Waals surface area contributed by atoms with Crippen LogP contribution in [-0.4, -0.2) is 26.5 Å². The lowest BCUT2D eigenvalue weighted by Crippen LogP contribution is -2.21. The molecular weight excluding hydrogens is 477 g/mol. The molecule has 14 heteroatoms. The van der Waals surface area contributed by atoms with Gasteiger partial charge in [0.1, 0.15) is 23.5 Å². The Labute approximate surface area is 192 Å². The van der Waals surface area contributed by atoms with Gasteiger partial charge in [0.15, 0.2) is 5.82 Å². The number of anilines is 3. The molecule has 0 fully saturated rings. The van der Waals surface area contributed by atoms with Gasteiger partial charge in [-0.1, -0.05) is 6.07 Å². The maximum atomic E-state index is 14.8. The highest BCUT2D eigenvalue weighted by Gasteiger charge is 2.31. The molecule has 2 aromatic carbocycles. The number of carbonyl (C=O) groups is 2. The third-order valence-corrected chi connectivity index (χ3v) is 4.92. The van der Waals surface area contributed by atoms with Crippen molar-refractivity contribution in [1.29, 1.82) is 0 Å². The summed E-state index contributed by atoms with van der Waals surface area (Å²) >= 11 is 0. The SMILES string of the molecule is NC(=O)c1cn2ncnc(N)c2c1-c1ccc(NC(=O)Nc2cc(C(F)(F)F)ccc2F)c(F)c1. The minimum absolute atomic E-state index is 0.00685. The third-order valence-electron chi connectivity index (χ3n) is 4.92. The summed E-state index contributed by atoms with van der Waals surface area (Å²) in [7, 11) is 0. The van der Waals surface area contributed by atoms with Gasteiger partial charge in [0, 0.05) is 11.8 Å². The van der Waals surface area contributed by atoms with Gasteiger partial charge >= 0.3 is 12.2 Å². The number of hydrogen-bond acceptors (Lipinski definition) is 5. The summed E-state index contributed by atoms with van der Waals surface area (Å²) in [6.07, 6.45) is -2.31. The summed E-state index contributed by atoms with van der Waals surface area (Å²) in [5, 5.41) is 7.93. The number of rotatable bonds is 4. The zero-order chi connectivity index (χ0) is 25.5. The zero-order valence-electron chi connectivity index (χ0n) is 17.3. The second-order valence-electron chi connectivity index (χ2n) is 7.19. The molecule has 180 valence electrons. The fourth-order valence-electron chi connectivity index (χ4n) is 3.36. The van der Waals surface area contributed by atoms with E-state index in [1.165, 1.54) is 16.8 Å². The molecule has 0 saturated carbocycles. The van der Waals surface area contributed by atoms with E-state index in [-0.39, 0.29) is 33.7 Å². The summed E-state index contributed by atoms with van der Waals surface area (Å²) < 4.78 is 68.5. The number of aromatic nitrogens is 3. The van der Waals surface area contributed by atoms with Crippen molar-refractivity contribution < 1.29 is 31.5 Å². The number of alkyl halides is 3. The summed E-state index contributed by atoms with van der Waals surface area (Å²) in [4.78, 5) is 28.0. The molecule has 6 N–H and O–H groups in total. The van der Waals surface area contributed by atoms with Crippen molar-refractivity contribution in [2.24, 2.45) is 5.73 Å². The van der Waals surface area contributed by atoms with Crippen LogP contribution < -0.4 is 22.1 Å². The lowest BCUT2D eigenvalue weighted by atomic mass is 10.0. The summed E-state index contributed by atoms with van der Waals surface area (Å²) in [6, 6.07) is 3.69. The minimum atomic E-state index is -4.76. The van der Waals surface area contributed by atoms with E-state index >= 15 is 0 Å². The second kappa shape index (κ2) is 8.55. The Bertz CT molecular complexity index is 1480. The van der Waals surface area contributed by atoms with Crippen LogP contribution in [0.15, 0.2) is 48.9 Å². The first-order chi connectivity index (χ1) is 16.5. The molecule has 2 aromatic heterocycles. The van der Waals surface area contributed by atoms with Crippen molar-refractivity contribution in [3.63, 3.8) is 0 Å². The highest BCUT2D eigenvalue weighted by molar-refractivity contribution is 6.06. The maximum absolute atomic E-state index is 14.8. The van der Waals surface area contributed by atoms with E-state index in [0.29, 0.717) is 18.2 Å². The van der Waals surface area contributed by atoms with E-state index in [0.717, 1.165) is 18.5 Å². The summed E-state index contributed by atoms with van der Waals surface area (Å²) in [5.74, 6) is -2.95. The van der Waals surface area contributed by atoms with E-state index in [1.54, 1.807) is 0 Å². The Morgan fingerprint density at radius 3 is 2.34 bits per heavy atom. The van der Waals surface area contributed by atoms with Crippen LogP contribution in [0.4, 0.5) is 43.9 Å². The first-order valence-electron chi connectivity index (χ1n) is 9.62. The number of nitrogen functional groups attached to an aromatic ring is 1. The number of nitrogens with zero attached hydrogens (tertiary/aromatic N) is 3. The molecule has 0 unspecified atom stereocenters. The average Bonchev–Trinajstić information content (AvgIpc) is 3.17. The normalized spacial score (nSPS) is 11.5. The molecule has 0 aliphatic carbocycles. The van der Waals surface area contributed by atoms with Crippen molar-refractivity contribution in [3.8, 4) is 11.1 Å². The lowest BCUT2D eigenvalue weighted by molar-refractivity contribution is -0.137. The Kier molecular flexibility index (Phi) is 5.72. The van der Waals surface area contributed by atoms with Crippen LogP contribution in [0.1, 0.15) is 15.9 Å². The zero-order valence-corrected chi connectivity index (χ0v) is 17.3. The van der Waals surface area contributed by atoms with Gasteiger partial charge in [0.05, 0.1) is 22.5 Å². The van der Waals surface area contributed by atoms with Gasteiger partial charge in [-0.25, -0.2) is 23.1 Å². The van der Waals surface area contributed by atoms with Crippen LogP contribution in [0.5, 0.6) is 0 Å². The standard InChI is InChI=1S/C21H14F5N7O2/c22-12-3-2-10(21(24,25)26)6-15(12)32-20(35)31-14-4-1-9(5-13(14)23)16-11(19(28)34)7-33-17(16)18(27)29-8-30-33/h1-8H,(H2,28,34)(H2,27,29,30)(H2,31,32,35). The predicted molar refractivity (Wildman–Crippen MR) is 115 cm³/mol. The largest absolute Gasteiger partial charge is 0.416 e. The monoisotopic (exact) mass is 491 g/mol. The molecule has 0 aliphatic rings. The van der Waals surface area contributed by atoms with Crippen LogP contribution in [0.3, 0.4) is 0 Å². The van der Waals surface area contributed by atoms with Crippen LogP contribution in [-0.2, 0) is 6.18 Å². The second-order valence-corrected chi connectivity index (χ2v) is 7.19. The van der Waals surface area contributed by atoms with Crippen molar-refractivity contribution in [2.45, 2.75) is 6.18 Å². The van der Waals surface area contributed by atoms with Crippen LogP contribution in [0.2, 0.25) is 0 Å². The van der Waals surface area contributed by atoms with E-state index in [1.807, 2.05) is 5.32 Å². The van der Waals surface area contributed by atoms with Gasteiger partial charge in [0.25, 0.3) is 5.91 Å². The van der Waals surface area contributed by atoms with Gasteiger partial charge in [0.2, 0.25) is 0 Å². The van der Waals surface area contributed by atoms with Gasteiger partial charge in [-0.3, -0.25) is 4.79 Å². The fourth-order valence-corrected chi connectivity index (χ4v) is 3.36. The summed E-state index contributed by atoms with van der Waals surface area (Å²) in [6.45, 7) is 0. The Morgan fingerprint density at radius 2 is 1.69 bits per heavy atom.